The molecule has 0 fully saturated rings. The molecular weight excluding hydrogens is 238 g/mol. The maximum Gasteiger partial charge on any atom is 0.227 e. The molecule has 0 aliphatic rings. The number of hydrogen-bond donors (Lipinski definition) is 1. The molecule has 1 N–H and O–H groups in total. The number of thiophene rings is 1. The number of aryl methyl sites for hydroxylation is 1. The summed E-state index contributed by atoms with van der Waals surface area (Å²) >= 11 is 1.60. The number of nitrogens with zero attached hydrogens (tertiary/aromatic N) is 2. The number of hydrogen-bond acceptors (Lipinski definition) is 5. The Morgan fingerprint density at radius 1 is 1.59 bits per heavy atom. The third kappa shape index (κ3) is 3.39. The molecule has 90 valence electrons. The first-order chi connectivity index (χ1) is 8.25. The standard InChI is InChI=1S/C11H13N3O2S/c1-8(15)12-5-2-3-10-13-11(14-16-10)9-4-6-17-7-9/h4,6-7H,2-3,5H2,1H3,(H,12,15). The van der Waals surface area contributed by atoms with E-state index in [2.05, 4.69) is 15.5 Å². The second-order valence-electron chi connectivity index (χ2n) is 3.61. The molecule has 2 rings (SSSR count). The molecule has 2 heterocycles. The number of aromatic nitrogens is 2. The fraction of sp³-hybridized carbons (Fsp3) is 0.364. The summed E-state index contributed by atoms with van der Waals surface area (Å²) in [7, 11) is 0. The molecule has 2 aromatic heterocycles. The lowest BCUT2D eigenvalue weighted by atomic mass is 10.3. The molecular formula is C11H13N3O2S. The van der Waals surface area contributed by atoms with Gasteiger partial charge in [-0.1, -0.05) is 5.16 Å². The van der Waals surface area contributed by atoms with Crippen molar-refractivity contribution in [3.8, 4) is 11.4 Å². The summed E-state index contributed by atoms with van der Waals surface area (Å²) in [5, 5.41) is 10.6. The summed E-state index contributed by atoms with van der Waals surface area (Å²) in [6, 6.07) is 1.95. The van der Waals surface area contributed by atoms with Crippen molar-refractivity contribution in [3.05, 3.63) is 22.7 Å². The van der Waals surface area contributed by atoms with Crippen LogP contribution in [0.3, 0.4) is 0 Å². The number of carbonyl (C=O) groups is 1. The Morgan fingerprint density at radius 3 is 3.18 bits per heavy atom. The summed E-state index contributed by atoms with van der Waals surface area (Å²) < 4.78 is 5.13. The summed E-state index contributed by atoms with van der Waals surface area (Å²) in [5.74, 6) is 1.21. The van der Waals surface area contributed by atoms with E-state index >= 15 is 0 Å². The van der Waals surface area contributed by atoms with Crippen molar-refractivity contribution in [2.45, 2.75) is 19.8 Å². The van der Waals surface area contributed by atoms with Gasteiger partial charge in [0, 0.05) is 30.8 Å². The van der Waals surface area contributed by atoms with E-state index in [1.165, 1.54) is 6.92 Å². The molecule has 0 unspecified atom stereocenters. The van der Waals surface area contributed by atoms with Gasteiger partial charge in [-0.05, 0) is 17.9 Å². The van der Waals surface area contributed by atoms with E-state index in [1.54, 1.807) is 11.3 Å². The molecule has 0 bridgehead atoms. The maximum absolute atomic E-state index is 10.7. The molecule has 0 aliphatic carbocycles. The second-order valence-corrected chi connectivity index (χ2v) is 4.39. The fourth-order valence-electron chi connectivity index (χ4n) is 1.37. The van der Waals surface area contributed by atoms with Crippen LogP contribution in [0, 0.1) is 0 Å². The van der Waals surface area contributed by atoms with E-state index in [0.29, 0.717) is 24.7 Å². The average Bonchev–Trinajstić information content (AvgIpc) is 2.94. The Bertz CT molecular complexity index is 479. The predicted octanol–water partition coefficient (Wildman–Crippen LogP) is 1.87. The molecule has 0 atom stereocenters. The van der Waals surface area contributed by atoms with E-state index in [4.69, 9.17) is 4.52 Å². The highest BCUT2D eigenvalue weighted by molar-refractivity contribution is 7.08. The quantitative estimate of drug-likeness (QED) is 0.824. The van der Waals surface area contributed by atoms with Crippen molar-refractivity contribution in [1.82, 2.24) is 15.5 Å². The molecule has 0 spiro atoms. The second kappa shape index (κ2) is 5.58. The van der Waals surface area contributed by atoms with Gasteiger partial charge in [0.05, 0.1) is 0 Å². The van der Waals surface area contributed by atoms with Crippen LogP contribution in [0.15, 0.2) is 21.3 Å². The van der Waals surface area contributed by atoms with Crippen LogP contribution in [0.2, 0.25) is 0 Å². The molecule has 0 aromatic carbocycles. The lowest BCUT2D eigenvalue weighted by molar-refractivity contribution is -0.118. The predicted molar refractivity (Wildman–Crippen MR) is 64.6 cm³/mol. The van der Waals surface area contributed by atoms with E-state index in [0.717, 1.165) is 12.0 Å². The van der Waals surface area contributed by atoms with Gasteiger partial charge >= 0.3 is 0 Å². The van der Waals surface area contributed by atoms with Crippen molar-refractivity contribution in [2.75, 3.05) is 6.54 Å². The van der Waals surface area contributed by atoms with Crippen molar-refractivity contribution in [1.29, 1.82) is 0 Å². The zero-order chi connectivity index (χ0) is 12.1. The summed E-state index contributed by atoms with van der Waals surface area (Å²) in [6.07, 6.45) is 1.47. The molecule has 2 aromatic rings. The van der Waals surface area contributed by atoms with E-state index in [-0.39, 0.29) is 5.91 Å². The summed E-state index contributed by atoms with van der Waals surface area (Å²) in [5.41, 5.74) is 0.979. The first-order valence-electron chi connectivity index (χ1n) is 5.35. The third-order valence-electron chi connectivity index (χ3n) is 2.19. The maximum atomic E-state index is 10.7. The van der Waals surface area contributed by atoms with Gasteiger partial charge in [0.25, 0.3) is 0 Å². The lowest BCUT2D eigenvalue weighted by Crippen LogP contribution is -2.21. The Morgan fingerprint density at radius 2 is 2.47 bits per heavy atom. The monoisotopic (exact) mass is 251 g/mol. The average molecular weight is 251 g/mol. The van der Waals surface area contributed by atoms with Crippen LogP contribution in [0.4, 0.5) is 0 Å². The third-order valence-corrected chi connectivity index (χ3v) is 2.87. The van der Waals surface area contributed by atoms with Crippen molar-refractivity contribution in [3.63, 3.8) is 0 Å². The molecule has 1 amide bonds. The summed E-state index contributed by atoms with van der Waals surface area (Å²) in [6.45, 7) is 2.13. The van der Waals surface area contributed by atoms with E-state index < -0.39 is 0 Å². The van der Waals surface area contributed by atoms with Gasteiger partial charge in [-0.25, -0.2) is 0 Å². The molecule has 5 nitrogen and oxygen atoms in total. The molecule has 0 radical (unpaired) electrons. The van der Waals surface area contributed by atoms with Crippen LogP contribution in [0.25, 0.3) is 11.4 Å². The lowest BCUT2D eigenvalue weighted by Gasteiger charge is -1.98. The van der Waals surface area contributed by atoms with Crippen LogP contribution in [0.5, 0.6) is 0 Å². The van der Waals surface area contributed by atoms with E-state index in [9.17, 15) is 4.79 Å². The minimum atomic E-state index is -0.0190. The first-order valence-corrected chi connectivity index (χ1v) is 6.29. The number of amides is 1. The number of nitrogens with one attached hydrogen (secondary N) is 1. The van der Waals surface area contributed by atoms with Crippen molar-refractivity contribution >= 4 is 17.2 Å². The highest BCUT2D eigenvalue weighted by Crippen LogP contribution is 2.18. The molecule has 0 saturated heterocycles. The highest BCUT2D eigenvalue weighted by atomic mass is 32.1. The van der Waals surface area contributed by atoms with Crippen LogP contribution in [-0.2, 0) is 11.2 Å². The van der Waals surface area contributed by atoms with Gasteiger partial charge in [0.15, 0.2) is 0 Å². The van der Waals surface area contributed by atoms with Crippen molar-refractivity contribution < 1.29 is 9.32 Å². The summed E-state index contributed by atoms with van der Waals surface area (Å²) in [4.78, 5) is 14.9. The zero-order valence-electron chi connectivity index (χ0n) is 9.47. The minimum Gasteiger partial charge on any atom is -0.356 e. The Balaban J connectivity index is 1.84. The molecule has 6 heteroatoms. The van der Waals surface area contributed by atoms with Gasteiger partial charge in [0.2, 0.25) is 17.6 Å². The minimum absolute atomic E-state index is 0.0190. The normalized spacial score (nSPS) is 10.4. The highest BCUT2D eigenvalue weighted by Gasteiger charge is 2.08. The number of carbonyl (C=O) groups excluding carboxylic acids is 1. The van der Waals surface area contributed by atoms with Gasteiger partial charge in [0.1, 0.15) is 0 Å². The van der Waals surface area contributed by atoms with Crippen molar-refractivity contribution in [2.24, 2.45) is 0 Å². The Labute approximate surface area is 103 Å². The SMILES string of the molecule is CC(=O)NCCCc1nc(-c2ccsc2)no1. The van der Waals surface area contributed by atoms with Gasteiger partial charge < -0.3 is 9.84 Å². The molecule has 0 aliphatic heterocycles. The van der Waals surface area contributed by atoms with Gasteiger partial charge in [-0.3, -0.25) is 4.79 Å². The first kappa shape index (κ1) is 11.8. The fourth-order valence-corrected chi connectivity index (χ4v) is 2.00. The molecule has 17 heavy (non-hydrogen) atoms. The Hall–Kier alpha value is -1.69. The van der Waals surface area contributed by atoms with E-state index in [1.807, 2.05) is 16.8 Å². The van der Waals surface area contributed by atoms with Crippen LogP contribution in [0.1, 0.15) is 19.2 Å². The Kier molecular flexibility index (Phi) is 3.87. The topological polar surface area (TPSA) is 68.0 Å². The van der Waals surface area contributed by atoms with Gasteiger partial charge in [-0.15, -0.1) is 0 Å². The zero-order valence-corrected chi connectivity index (χ0v) is 10.3. The van der Waals surface area contributed by atoms with Crippen LogP contribution >= 0.6 is 11.3 Å². The number of rotatable bonds is 5. The smallest absolute Gasteiger partial charge is 0.227 e. The van der Waals surface area contributed by atoms with Gasteiger partial charge in [-0.2, -0.15) is 16.3 Å². The molecule has 0 saturated carbocycles. The van der Waals surface area contributed by atoms with Crippen LogP contribution < -0.4 is 5.32 Å². The van der Waals surface area contributed by atoms with Crippen LogP contribution in [-0.4, -0.2) is 22.6 Å². The largest absolute Gasteiger partial charge is 0.356 e.